The van der Waals surface area contributed by atoms with Gasteiger partial charge in [-0.3, -0.25) is 0 Å². The van der Waals surface area contributed by atoms with Gasteiger partial charge in [0.05, 0.1) is 0 Å². The highest BCUT2D eigenvalue weighted by Crippen LogP contribution is 2.23. The second-order valence-corrected chi connectivity index (χ2v) is 4.96. The summed E-state index contributed by atoms with van der Waals surface area (Å²) in [4.78, 5) is 0. The van der Waals surface area contributed by atoms with Gasteiger partial charge in [-0.05, 0) is 40.8 Å². The van der Waals surface area contributed by atoms with E-state index in [9.17, 15) is 0 Å². The lowest BCUT2D eigenvalue weighted by Gasteiger charge is -2.07. The molecule has 1 heterocycles. The maximum Gasteiger partial charge on any atom is 0.0345 e. The van der Waals surface area contributed by atoms with Gasteiger partial charge in [0.25, 0.3) is 0 Å². The number of thiophene rings is 1. The molecule has 0 bridgehead atoms. The maximum atomic E-state index is 2.34. The molecule has 0 spiro atoms. The van der Waals surface area contributed by atoms with E-state index in [-0.39, 0.29) is 0 Å². The first-order chi connectivity index (χ1) is 6.79. The van der Waals surface area contributed by atoms with Gasteiger partial charge < -0.3 is 0 Å². The van der Waals surface area contributed by atoms with E-state index in [0.29, 0.717) is 0 Å². The minimum Gasteiger partial charge on any atom is -0.144 e. The zero-order valence-electron chi connectivity index (χ0n) is 8.79. The van der Waals surface area contributed by atoms with Crippen LogP contribution in [-0.4, -0.2) is 0 Å². The smallest absolute Gasteiger partial charge is 0.0345 e. The van der Waals surface area contributed by atoms with Crippen molar-refractivity contribution in [2.75, 3.05) is 0 Å². The Morgan fingerprint density at radius 1 is 1.29 bits per heavy atom. The molecule has 1 aromatic carbocycles. The fourth-order valence-electron chi connectivity index (χ4n) is 1.67. The summed E-state index contributed by atoms with van der Waals surface area (Å²) in [6.07, 6.45) is 2.48. The van der Waals surface area contributed by atoms with E-state index < -0.39 is 0 Å². The predicted molar refractivity (Wildman–Crippen MR) is 65.0 cm³/mol. The van der Waals surface area contributed by atoms with E-state index in [1.54, 1.807) is 0 Å². The molecule has 0 aliphatic heterocycles. The van der Waals surface area contributed by atoms with Crippen LogP contribution in [0.25, 0.3) is 10.1 Å². The first-order valence-electron chi connectivity index (χ1n) is 5.25. The lowest BCUT2D eigenvalue weighted by molar-refractivity contribution is 0.560. The fraction of sp³-hybridized carbons (Fsp3) is 0.385. The average Bonchev–Trinajstić information content (AvgIpc) is 2.64. The number of hydrogen-bond donors (Lipinski definition) is 0. The van der Waals surface area contributed by atoms with Gasteiger partial charge in [-0.2, -0.15) is 0 Å². The van der Waals surface area contributed by atoms with Crippen LogP contribution in [0.1, 0.15) is 25.8 Å². The summed E-state index contributed by atoms with van der Waals surface area (Å²) in [6, 6.07) is 9.03. The Morgan fingerprint density at radius 2 is 2.14 bits per heavy atom. The molecule has 0 fully saturated rings. The van der Waals surface area contributed by atoms with Crippen LogP contribution in [0, 0.1) is 5.92 Å². The van der Waals surface area contributed by atoms with Crippen molar-refractivity contribution < 1.29 is 0 Å². The summed E-state index contributed by atoms with van der Waals surface area (Å²) in [5, 5.41) is 3.54. The molecular formula is C13H16S. The summed E-state index contributed by atoms with van der Waals surface area (Å²) < 4.78 is 1.42. The molecular weight excluding hydrogens is 188 g/mol. The first kappa shape index (κ1) is 9.72. The van der Waals surface area contributed by atoms with Crippen LogP contribution in [0.2, 0.25) is 0 Å². The molecule has 0 radical (unpaired) electrons. The molecule has 74 valence electrons. The van der Waals surface area contributed by atoms with Crippen molar-refractivity contribution in [1.82, 2.24) is 0 Å². The third-order valence-electron chi connectivity index (χ3n) is 2.80. The molecule has 0 amide bonds. The van der Waals surface area contributed by atoms with Gasteiger partial charge in [0.2, 0.25) is 0 Å². The second kappa shape index (κ2) is 4.14. The van der Waals surface area contributed by atoms with Crippen LogP contribution in [0.3, 0.4) is 0 Å². The minimum atomic E-state index is 0.799. The molecule has 2 aromatic rings. The maximum absolute atomic E-state index is 2.34. The molecule has 0 saturated heterocycles. The van der Waals surface area contributed by atoms with Gasteiger partial charge in [-0.15, -0.1) is 11.3 Å². The molecule has 1 atom stereocenters. The molecule has 14 heavy (non-hydrogen) atoms. The van der Waals surface area contributed by atoms with E-state index in [1.165, 1.54) is 28.5 Å². The molecule has 0 saturated carbocycles. The van der Waals surface area contributed by atoms with Crippen molar-refractivity contribution in [3.05, 3.63) is 35.2 Å². The van der Waals surface area contributed by atoms with E-state index in [0.717, 1.165) is 5.92 Å². The van der Waals surface area contributed by atoms with Gasteiger partial charge in [0.15, 0.2) is 0 Å². The highest BCUT2D eigenvalue weighted by atomic mass is 32.1. The molecule has 0 aliphatic rings. The lowest BCUT2D eigenvalue weighted by atomic mass is 9.99. The third-order valence-corrected chi connectivity index (χ3v) is 3.68. The Bertz CT molecular complexity index is 414. The Balaban J connectivity index is 2.25. The number of fused-ring (bicyclic) bond motifs is 1. The summed E-state index contributed by atoms with van der Waals surface area (Å²) in [7, 11) is 0. The Morgan fingerprint density at radius 3 is 2.93 bits per heavy atom. The van der Waals surface area contributed by atoms with Crippen molar-refractivity contribution in [2.45, 2.75) is 26.7 Å². The van der Waals surface area contributed by atoms with Crippen molar-refractivity contribution in [3.8, 4) is 0 Å². The first-order valence-corrected chi connectivity index (χ1v) is 6.13. The van der Waals surface area contributed by atoms with Crippen molar-refractivity contribution in [2.24, 2.45) is 5.92 Å². The van der Waals surface area contributed by atoms with Crippen LogP contribution >= 0.6 is 11.3 Å². The Kier molecular flexibility index (Phi) is 2.87. The SMILES string of the molecule is CCC(C)Cc1ccc2ccsc2c1. The van der Waals surface area contributed by atoms with E-state index in [1.807, 2.05) is 11.3 Å². The van der Waals surface area contributed by atoms with Crippen LogP contribution in [-0.2, 0) is 6.42 Å². The minimum absolute atomic E-state index is 0.799. The van der Waals surface area contributed by atoms with Gasteiger partial charge in [0.1, 0.15) is 0 Å². The third kappa shape index (κ3) is 1.98. The standard InChI is InChI=1S/C13H16S/c1-3-10(2)8-11-4-5-12-6-7-14-13(12)9-11/h4-7,9-10H,3,8H2,1-2H3. The largest absolute Gasteiger partial charge is 0.144 e. The van der Waals surface area contributed by atoms with Crippen molar-refractivity contribution >= 4 is 21.4 Å². The molecule has 1 unspecified atom stereocenters. The van der Waals surface area contributed by atoms with Gasteiger partial charge >= 0.3 is 0 Å². The van der Waals surface area contributed by atoms with Gasteiger partial charge in [-0.1, -0.05) is 32.4 Å². The normalized spacial score (nSPS) is 13.3. The molecule has 1 aromatic heterocycles. The van der Waals surface area contributed by atoms with Crippen molar-refractivity contribution in [1.29, 1.82) is 0 Å². The monoisotopic (exact) mass is 204 g/mol. The summed E-state index contributed by atoms with van der Waals surface area (Å²) in [5.74, 6) is 0.799. The quantitative estimate of drug-likeness (QED) is 0.691. The van der Waals surface area contributed by atoms with Crippen LogP contribution < -0.4 is 0 Å². The lowest BCUT2D eigenvalue weighted by Crippen LogP contribution is -1.96. The topological polar surface area (TPSA) is 0 Å². The van der Waals surface area contributed by atoms with Crippen LogP contribution in [0.15, 0.2) is 29.6 Å². The van der Waals surface area contributed by atoms with Gasteiger partial charge in [0, 0.05) is 4.70 Å². The molecule has 0 nitrogen and oxygen atoms in total. The van der Waals surface area contributed by atoms with Crippen LogP contribution in [0.5, 0.6) is 0 Å². The predicted octanol–water partition coefficient (Wildman–Crippen LogP) is 4.49. The van der Waals surface area contributed by atoms with E-state index in [2.05, 4.69) is 43.5 Å². The highest BCUT2D eigenvalue weighted by molar-refractivity contribution is 7.17. The summed E-state index contributed by atoms with van der Waals surface area (Å²) >= 11 is 1.84. The Hall–Kier alpha value is -0.820. The zero-order chi connectivity index (χ0) is 9.97. The average molecular weight is 204 g/mol. The summed E-state index contributed by atoms with van der Waals surface area (Å²) in [5.41, 5.74) is 1.48. The van der Waals surface area contributed by atoms with Crippen LogP contribution in [0.4, 0.5) is 0 Å². The molecule has 2 rings (SSSR count). The van der Waals surface area contributed by atoms with Gasteiger partial charge in [-0.25, -0.2) is 0 Å². The molecule has 0 aliphatic carbocycles. The van der Waals surface area contributed by atoms with E-state index >= 15 is 0 Å². The number of benzene rings is 1. The van der Waals surface area contributed by atoms with Crippen molar-refractivity contribution in [3.63, 3.8) is 0 Å². The highest BCUT2D eigenvalue weighted by Gasteiger charge is 2.02. The number of rotatable bonds is 3. The summed E-state index contributed by atoms with van der Waals surface area (Å²) in [6.45, 7) is 4.58. The zero-order valence-corrected chi connectivity index (χ0v) is 9.60. The number of hydrogen-bond acceptors (Lipinski definition) is 1. The van der Waals surface area contributed by atoms with E-state index in [4.69, 9.17) is 0 Å². The fourth-order valence-corrected chi connectivity index (χ4v) is 2.53. The second-order valence-electron chi connectivity index (χ2n) is 4.01. The molecule has 1 heteroatoms. The Labute approximate surface area is 89.6 Å². The molecule has 0 N–H and O–H groups in total.